The summed E-state index contributed by atoms with van der Waals surface area (Å²) in [6.45, 7) is 14.0. The first-order valence-electron chi connectivity index (χ1n) is 7.79. The summed E-state index contributed by atoms with van der Waals surface area (Å²) >= 11 is 0. The highest BCUT2D eigenvalue weighted by atomic mass is 15.3. The molecule has 2 aliphatic rings. The predicted octanol–water partition coefficient (Wildman–Crippen LogP) is 1.78. The molecule has 106 valence electrons. The number of piperidine rings is 1. The van der Waals surface area contributed by atoms with E-state index >= 15 is 0 Å². The highest BCUT2D eigenvalue weighted by molar-refractivity contribution is 4.99. The molecule has 0 aromatic carbocycles. The summed E-state index contributed by atoms with van der Waals surface area (Å²) in [6, 6.07) is 0. The second-order valence-electron chi connectivity index (χ2n) is 6.60. The van der Waals surface area contributed by atoms with Crippen LogP contribution in [0.4, 0.5) is 0 Å². The monoisotopic (exact) mass is 253 g/mol. The molecule has 18 heavy (non-hydrogen) atoms. The number of hydrogen-bond acceptors (Lipinski definition) is 3. The summed E-state index contributed by atoms with van der Waals surface area (Å²) in [5.74, 6) is 1.71. The number of rotatable bonds is 4. The first-order valence-corrected chi connectivity index (χ1v) is 7.79. The lowest BCUT2D eigenvalue weighted by atomic mass is 9.85. The zero-order valence-electron chi connectivity index (χ0n) is 12.5. The molecule has 2 N–H and O–H groups in total. The van der Waals surface area contributed by atoms with Crippen molar-refractivity contribution < 1.29 is 0 Å². The Kier molecular flexibility index (Phi) is 4.68. The van der Waals surface area contributed by atoms with Gasteiger partial charge in [-0.05, 0) is 57.3 Å². The van der Waals surface area contributed by atoms with E-state index in [0.717, 1.165) is 18.4 Å². The lowest BCUT2D eigenvalue weighted by molar-refractivity contribution is 0.0414. The molecule has 2 aliphatic heterocycles. The van der Waals surface area contributed by atoms with E-state index < -0.39 is 0 Å². The third-order valence-corrected chi connectivity index (χ3v) is 5.45. The SMILES string of the molecule is CCN1CCC(CN)(N2CCC(C(C)C)C2)CC1. The van der Waals surface area contributed by atoms with E-state index in [4.69, 9.17) is 5.73 Å². The molecule has 2 fully saturated rings. The average Bonchev–Trinajstić information content (AvgIpc) is 2.89. The van der Waals surface area contributed by atoms with Crippen LogP contribution < -0.4 is 5.73 Å². The summed E-state index contributed by atoms with van der Waals surface area (Å²) in [5.41, 5.74) is 6.48. The van der Waals surface area contributed by atoms with Crippen LogP contribution in [0.5, 0.6) is 0 Å². The van der Waals surface area contributed by atoms with Crippen molar-refractivity contribution in [2.24, 2.45) is 17.6 Å². The quantitative estimate of drug-likeness (QED) is 0.829. The summed E-state index contributed by atoms with van der Waals surface area (Å²) in [4.78, 5) is 5.29. The minimum absolute atomic E-state index is 0.315. The first kappa shape index (κ1) is 14.3. The molecule has 1 unspecified atom stereocenters. The number of likely N-dealkylation sites (tertiary alicyclic amines) is 2. The first-order chi connectivity index (χ1) is 8.61. The van der Waals surface area contributed by atoms with E-state index in [0.29, 0.717) is 5.54 Å². The van der Waals surface area contributed by atoms with Gasteiger partial charge in [-0.3, -0.25) is 4.90 Å². The molecule has 0 radical (unpaired) electrons. The van der Waals surface area contributed by atoms with E-state index in [2.05, 4.69) is 30.6 Å². The Morgan fingerprint density at radius 1 is 1.22 bits per heavy atom. The third-order valence-electron chi connectivity index (χ3n) is 5.45. The fraction of sp³-hybridized carbons (Fsp3) is 1.00. The van der Waals surface area contributed by atoms with E-state index in [9.17, 15) is 0 Å². The summed E-state index contributed by atoms with van der Waals surface area (Å²) < 4.78 is 0. The molecule has 0 aromatic heterocycles. The molecule has 3 heteroatoms. The van der Waals surface area contributed by atoms with Gasteiger partial charge in [-0.15, -0.1) is 0 Å². The Morgan fingerprint density at radius 3 is 2.33 bits per heavy atom. The van der Waals surface area contributed by atoms with Crippen molar-refractivity contribution in [3.8, 4) is 0 Å². The van der Waals surface area contributed by atoms with Gasteiger partial charge in [0, 0.05) is 18.6 Å². The van der Waals surface area contributed by atoms with Gasteiger partial charge in [-0.25, -0.2) is 0 Å². The van der Waals surface area contributed by atoms with Gasteiger partial charge in [0.25, 0.3) is 0 Å². The van der Waals surface area contributed by atoms with Gasteiger partial charge < -0.3 is 10.6 Å². The van der Waals surface area contributed by atoms with Crippen molar-refractivity contribution in [3.63, 3.8) is 0 Å². The van der Waals surface area contributed by atoms with Gasteiger partial charge >= 0.3 is 0 Å². The molecular weight excluding hydrogens is 222 g/mol. The van der Waals surface area contributed by atoms with Gasteiger partial charge in [0.1, 0.15) is 0 Å². The van der Waals surface area contributed by atoms with Gasteiger partial charge in [-0.2, -0.15) is 0 Å². The smallest absolute Gasteiger partial charge is 0.0356 e. The lowest BCUT2D eigenvalue weighted by Crippen LogP contribution is -2.58. The fourth-order valence-corrected chi connectivity index (χ4v) is 3.70. The van der Waals surface area contributed by atoms with Crippen molar-refractivity contribution >= 4 is 0 Å². The minimum Gasteiger partial charge on any atom is -0.329 e. The Hall–Kier alpha value is -0.120. The van der Waals surface area contributed by atoms with Gasteiger partial charge in [0.05, 0.1) is 0 Å². The molecule has 0 aliphatic carbocycles. The zero-order valence-corrected chi connectivity index (χ0v) is 12.5. The van der Waals surface area contributed by atoms with Crippen LogP contribution in [0.2, 0.25) is 0 Å². The summed E-state index contributed by atoms with van der Waals surface area (Å²) in [6.07, 6.45) is 3.90. The van der Waals surface area contributed by atoms with Gasteiger partial charge in [0.15, 0.2) is 0 Å². The summed E-state index contributed by atoms with van der Waals surface area (Å²) in [7, 11) is 0. The van der Waals surface area contributed by atoms with E-state index in [1.54, 1.807) is 0 Å². The lowest BCUT2D eigenvalue weighted by Gasteiger charge is -2.47. The van der Waals surface area contributed by atoms with Gasteiger partial charge in [-0.1, -0.05) is 20.8 Å². The zero-order chi connectivity index (χ0) is 13.2. The topological polar surface area (TPSA) is 32.5 Å². The molecule has 0 aromatic rings. The van der Waals surface area contributed by atoms with Crippen LogP contribution in [0, 0.1) is 11.8 Å². The van der Waals surface area contributed by atoms with Crippen molar-refractivity contribution in [1.29, 1.82) is 0 Å². The molecule has 2 saturated heterocycles. The molecule has 2 rings (SSSR count). The molecule has 3 nitrogen and oxygen atoms in total. The maximum atomic E-state index is 6.17. The average molecular weight is 253 g/mol. The molecule has 0 saturated carbocycles. The Labute approximate surface area is 113 Å². The number of nitrogens with two attached hydrogens (primary N) is 1. The van der Waals surface area contributed by atoms with Crippen molar-refractivity contribution in [3.05, 3.63) is 0 Å². The molecule has 2 heterocycles. The second-order valence-corrected chi connectivity index (χ2v) is 6.60. The molecule has 0 amide bonds. The number of hydrogen-bond donors (Lipinski definition) is 1. The predicted molar refractivity (Wildman–Crippen MR) is 77.7 cm³/mol. The van der Waals surface area contributed by atoms with Crippen molar-refractivity contribution in [1.82, 2.24) is 9.80 Å². The van der Waals surface area contributed by atoms with Crippen LogP contribution in [0.1, 0.15) is 40.0 Å². The summed E-state index contributed by atoms with van der Waals surface area (Å²) in [5, 5.41) is 0. The molecule has 0 spiro atoms. The van der Waals surface area contributed by atoms with Crippen LogP contribution in [0.3, 0.4) is 0 Å². The Morgan fingerprint density at radius 2 is 1.89 bits per heavy atom. The Balaban J connectivity index is 1.97. The van der Waals surface area contributed by atoms with E-state index in [-0.39, 0.29) is 0 Å². The third kappa shape index (κ3) is 2.73. The van der Waals surface area contributed by atoms with Crippen molar-refractivity contribution in [2.45, 2.75) is 45.6 Å². The van der Waals surface area contributed by atoms with Crippen LogP contribution in [0.15, 0.2) is 0 Å². The highest BCUT2D eigenvalue weighted by Crippen LogP contribution is 2.34. The standard InChI is InChI=1S/C15H31N3/c1-4-17-9-6-15(12-16,7-10-17)18-8-5-14(11-18)13(2)3/h13-14H,4-12,16H2,1-3H3. The van der Waals surface area contributed by atoms with Crippen LogP contribution in [0.25, 0.3) is 0 Å². The normalized spacial score (nSPS) is 30.2. The largest absolute Gasteiger partial charge is 0.329 e. The maximum absolute atomic E-state index is 6.17. The van der Waals surface area contributed by atoms with E-state index in [1.807, 2.05) is 0 Å². The maximum Gasteiger partial charge on any atom is 0.0356 e. The minimum atomic E-state index is 0.315. The van der Waals surface area contributed by atoms with Crippen LogP contribution in [-0.4, -0.2) is 54.6 Å². The van der Waals surface area contributed by atoms with Crippen LogP contribution in [-0.2, 0) is 0 Å². The molecule has 0 bridgehead atoms. The second kappa shape index (κ2) is 5.89. The molecular formula is C15H31N3. The number of nitrogens with zero attached hydrogens (tertiary/aromatic N) is 2. The van der Waals surface area contributed by atoms with Crippen molar-refractivity contribution in [2.75, 3.05) is 39.3 Å². The highest BCUT2D eigenvalue weighted by Gasteiger charge is 2.41. The van der Waals surface area contributed by atoms with Gasteiger partial charge in [0.2, 0.25) is 0 Å². The Bertz CT molecular complexity index is 256. The molecule has 1 atom stereocenters. The van der Waals surface area contributed by atoms with Crippen LogP contribution >= 0.6 is 0 Å². The fourth-order valence-electron chi connectivity index (χ4n) is 3.70. The van der Waals surface area contributed by atoms with E-state index in [1.165, 1.54) is 52.0 Å².